The van der Waals surface area contributed by atoms with Crippen molar-refractivity contribution in [1.82, 2.24) is 14.8 Å². The number of rotatable bonds is 9. The number of amides is 1. The Balaban J connectivity index is 1.80. The second-order valence-corrected chi connectivity index (χ2v) is 8.70. The van der Waals surface area contributed by atoms with Gasteiger partial charge in [-0.3, -0.25) is 4.79 Å². The van der Waals surface area contributed by atoms with Gasteiger partial charge in [0.15, 0.2) is 11.0 Å². The van der Waals surface area contributed by atoms with Crippen molar-refractivity contribution in [2.75, 3.05) is 19.0 Å². The maximum Gasteiger partial charge on any atom is 0.237 e. The zero-order chi connectivity index (χ0) is 21.5. The molecule has 9 heteroatoms. The molecule has 0 fully saturated rings. The predicted molar refractivity (Wildman–Crippen MR) is 122 cm³/mol. The lowest BCUT2D eigenvalue weighted by Gasteiger charge is -2.14. The van der Waals surface area contributed by atoms with Gasteiger partial charge in [0.05, 0.1) is 10.3 Å². The molecule has 0 radical (unpaired) electrons. The molecule has 1 heterocycles. The Kier molecular flexibility index (Phi) is 8.16. The molecular formula is C21H22Cl2N4O2S. The van der Waals surface area contributed by atoms with Crippen LogP contribution in [0.2, 0.25) is 10.0 Å². The summed E-state index contributed by atoms with van der Waals surface area (Å²) in [4.78, 5) is 12.7. The molecule has 0 aliphatic heterocycles. The van der Waals surface area contributed by atoms with Crippen molar-refractivity contribution in [2.45, 2.75) is 30.3 Å². The highest BCUT2D eigenvalue weighted by Gasteiger charge is 2.22. The van der Waals surface area contributed by atoms with Crippen LogP contribution < -0.4 is 5.32 Å². The number of anilines is 1. The molecule has 0 saturated heterocycles. The molecule has 158 valence electrons. The monoisotopic (exact) mass is 464 g/mol. The van der Waals surface area contributed by atoms with Gasteiger partial charge in [-0.1, -0.05) is 53.2 Å². The van der Waals surface area contributed by atoms with Gasteiger partial charge in [0.25, 0.3) is 0 Å². The lowest BCUT2D eigenvalue weighted by molar-refractivity contribution is -0.115. The predicted octanol–water partition coefficient (Wildman–Crippen LogP) is 5.41. The topological polar surface area (TPSA) is 69.0 Å². The van der Waals surface area contributed by atoms with E-state index in [9.17, 15) is 4.79 Å². The fourth-order valence-corrected chi connectivity index (χ4v) is 4.09. The Morgan fingerprint density at radius 2 is 2.00 bits per heavy atom. The average Bonchev–Trinajstić information content (AvgIpc) is 3.10. The number of methoxy groups -OCH3 is 1. The summed E-state index contributed by atoms with van der Waals surface area (Å²) in [5.74, 6) is 0.523. The van der Waals surface area contributed by atoms with E-state index in [1.165, 1.54) is 11.8 Å². The standard InChI is InChI=1S/C21H22Cl2N4O2S/c1-14(20(28)24-16-8-5-7-15(22)13-16)30-21-26-25-19(27(21)11-6-12-29-2)17-9-3-4-10-18(17)23/h3-5,7-10,13-14H,6,11-12H2,1-2H3,(H,24,28)/t14-/m0/s1. The Morgan fingerprint density at radius 1 is 1.20 bits per heavy atom. The maximum atomic E-state index is 12.7. The highest BCUT2D eigenvalue weighted by Crippen LogP contribution is 2.31. The molecule has 1 amide bonds. The Morgan fingerprint density at radius 3 is 2.73 bits per heavy atom. The van der Waals surface area contributed by atoms with E-state index in [2.05, 4.69) is 15.5 Å². The zero-order valence-corrected chi connectivity index (χ0v) is 19.0. The van der Waals surface area contributed by atoms with Crippen LogP contribution in [0, 0.1) is 0 Å². The Labute approximate surface area is 189 Å². The maximum absolute atomic E-state index is 12.7. The second kappa shape index (κ2) is 10.8. The third-order valence-corrected chi connectivity index (χ3v) is 5.95. The van der Waals surface area contributed by atoms with E-state index in [-0.39, 0.29) is 5.91 Å². The van der Waals surface area contributed by atoms with Crippen LogP contribution in [0.15, 0.2) is 53.7 Å². The van der Waals surface area contributed by atoms with Gasteiger partial charge >= 0.3 is 0 Å². The molecule has 0 spiro atoms. The van der Waals surface area contributed by atoms with Crippen LogP contribution in [0.1, 0.15) is 13.3 Å². The van der Waals surface area contributed by atoms with E-state index in [4.69, 9.17) is 27.9 Å². The first-order chi connectivity index (χ1) is 14.5. The lowest BCUT2D eigenvalue weighted by atomic mass is 10.2. The summed E-state index contributed by atoms with van der Waals surface area (Å²) >= 11 is 13.7. The number of carbonyl (C=O) groups excluding carboxylic acids is 1. The van der Waals surface area contributed by atoms with Gasteiger partial charge in [-0.15, -0.1) is 10.2 Å². The molecule has 0 saturated carbocycles. The molecule has 6 nitrogen and oxygen atoms in total. The number of nitrogens with zero attached hydrogens (tertiary/aromatic N) is 3. The van der Waals surface area contributed by atoms with Gasteiger partial charge in [-0.05, 0) is 43.7 Å². The van der Waals surface area contributed by atoms with Crippen molar-refractivity contribution in [3.05, 3.63) is 58.6 Å². The number of thioether (sulfide) groups is 1. The third-order valence-electron chi connectivity index (χ3n) is 4.31. The first kappa shape index (κ1) is 22.6. The van der Waals surface area contributed by atoms with Crippen LogP contribution in [0.5, 0.6) is 0 Å². The minimum Gasteiger partial charge on any atom is -0.385 e. The summed E-state index contributed by atoms with van der Waals surface area (Å²) in [6.07, 6.45) is 0.780. The lowest BCUT2D eigenvalue weighted by Crippen LogP contribution is -2.23. The number of carbonyl (C=O) groups is 1. The molecule has 0 unspecified atom stereocenters. The van der Waals surface area contributed by atoms with Gasteiger partial charge in [-0.2, -0.15) is 0 Å². The molecule has 1 N–H and O–H groups in total. The number of halogens is 2. The fraction of sp³-hybridized carbons (Fsp3) is 0.286. The largest absolute Gasteiger partial charge is 0.385 e. The summed E-state index contributed by atoms with van der Waals surface area (Å²) < 4.78 is 7.16. The van der Waals surface area contributed by atoms with Crippen molar-refractivity contribution >= 4 is 46.6 Å². The zero-order valence-electron chi connectivity index (χ0n) is 16.6. The van der Waals surface area contributed by atoms with E-state index in [0.29, 0.717) is 39.9 Å². The Bertz CT molecular complexity index is 1010. The van der Waals surface area contributed by atoms with Gasteiger partial charge < -0.3 is 14.6 Å². The van der Waals surface area contributed by atoms with Crippen molar-refractivity contribution < 1.29 is 9.53 Å². The van der Waals surface area contributed by atoms with Gasteiger partial charge in [-0.25, -0.2) is 0 Å². The number of hydrogen-bond donors (Lipinski definition) is 1. The van der Waals surface area contributed by atoms with Crippen molar-refractivity contribution in [1.29, 1.82) is 0 Å². The van der Waals surface area contributed by atoms with Gasteiger partial charge in [0.1, 0.15) is 0 Å². The first-order valence-electron chi connectivity index (χ1n) is 9.39. The summed E-state index contributed by atoms with van der Waals surface area (Å²) in [6, 6.07) is 14.6. The smallest absolute Gasteiger partial charge is 0.237 e. The van der Waals surface area contributed by atoms with Crippen LogP contribution in [-0.2, 0) is 16.1 Å². The minimum absolute atomic E-state index is 0.145. The number of hydrogen-bond acceptors (Lipinski definition) is 5. The van der Waals surface area contributed by atoms with Crippen LogP contribution in [0.25, 0.3) is 11.4 Å². The molecule has 0 aliphatic carbocycles. The molecule has 1 aromatic heterocycles. The number of benzene rings is 2. The third kappa shape index (κ3) is 5.76. The van der Waals surface area contributed by atoms with Gasteiger partial charge in [0.2, 0.25) is 5.91 Å². The number of ether oxygens (including phenoxy) is 1. The summed E-state index contributed by atoms with van der Waals surface area (Å²) in [6.45, 7) is 3.08. The van der Waals surface area contributed by atoms with Crippen molar-refractivity contribution in [3.63, 3.8) is 0 Å². The van der Waals surface area contributed by atoms with Gasteiger partial charge in [0, 0.05) is 36.5 Å². The fourth-order valence-electron chi connectivity index (χ4n) is 2.81. The molecule has 30 heavy (non-hydrogen) atoms. The SMILES string of the molecule is COCCCn1c(S[C@@H](C)C(=O)Nc2cccc(Cl)c2)nnc1-c1ccccc1Cl. The number of aromatic nitrogens is 3. The summed E-state index contributed by atoms with van der Waals surface area (Å²) in [5.41, 5.74) is 1.45. The van der Waals surface area contributed by atoms with E-state index in [1.54, 1.807) is 31.4 Å². The van der Waals surface area contributed by atoms with E-state index in [0.717, 1.165) is 12.0 Å². The highest BCUT2D eigenvalue weighted by atomic mass is 35.5. The molecule has 1 atom stereocenters. The van der Waals surface area contributed by atoms with Crippen LogP contribution in [0.4, 0.5) is 5.69 Å². The summed E-state index contributed by atoms with van der Waals surface area (Å²) in [7, 11) is 1.67. The minimum atomic E-state index is -0.395. The second-order valence-electron chi connectivity index (χ2n) is 6.54. The van der Waals surface area contributed by atoms with Crippen LogP contribution in [-0.4, -0.2) is 39.6 Å². The van der Waals surface area contributed by atoms with Crippen molar-refractivity contribution in [3.8, 4) is 11.4 Å². The average molecular weight is 465 g/mol. The summed E-state index contributed by atoms with van der Waals surface area (Å²) in [5, 5.41) is 13.0. The molecular weight excluding hydrogens is 443 g/mol. The molecule has 3 rings (SSSR count). The van der Waals surface area contributed by atoms with E-state index in [1.807, 2.05) is 35.8 Å². The number of nitrogens with one attached hydrogen (secondary N) is 1. The van der Waals surface area contributed by atoms with Crippen LogP contribution in [0.3, 0.4) is 0 Å². The first-order valence-corrected chi connectivity index (χ1v) is 11.0. The Hall–Kier alpha value is -2.06. The molecule has 0 aliphatic rings. The van der Waals surface area contributed by atoms with Crippen molar-refractivity contribution in [2.24, 2.45) is 0 Å². The molecule has 2 aromatic carbocycles. The molecule has 0 bridgehead atoms. The van der Waals surface area contributed by atoms with E-state index >= 15 is 0 Å². The highest BCUT2D eigenvalue weighted by molar-refractivity contribution is 8.00. The van der Waals surface area contributed by atoms with E-state index < -0.39 is 5.25 Å². The van der Waals surface area contributed by atoms with Crippen LogP contribution >= 0.6 is 35.0 Å². The normalized spacial score (nSPS) is 12.0. The molecule has 3 aromatic rings. The quantitative estimate of drug-likeness (QED) is 0.338.